The zero-order valence-electron chi connectivity index (χ0n) is 8.31. The van der Waals surface area contributed by atoms with Gasteiger partial charge in [0, 0.05) is 15.9 Å². The predicted octanol–water partition coefficient (Wildman–Crippen LogP) is 4.14. The molecule has 0 unspecified atom stereocenters. The molecule has 88 valence electrons. The Bertz CT molecular complexity index is 568. The van der Waals surface area contributed by atoms with E-state index in [9.17, 15) is 9.18 Å². The lowest BCUT2D eigenvalue weighted by Crippen LogP contribution is -1.91. The highest BCUT2D eigenvalue weighted by Crippen LogP contribution is 2.30. The summed E-state index contributed by atoms with van der Waals surface area (Å²) >= 11 is 4.23. The zero-order valence-corrected chi connectivity index (χ0v) is 10.7. The van der Waals surface area contributed by atoms with Gasteiger partial charge in [0.05, 0.1) is 0 Å². The lowest BCUT2D eigenvalue weighted by Gasteiger charge is -2.04. The van der Waals surface area contributed by atoms with Gasteiger partial charge in [-0.3, -0.25) is 0 Å². The lowest BCUT2D eigenvalue weighted by atomic mass is 10.3. The molecule has 0 aliphatic carbocycles. The minimum absolute atomic E-state index is 0.0501. The van der Waals surface area contributed by atoms with E-state index in [-0.39, 0.29) is 10.6 Å². The van der Waals surface area contributed by atoms with Crippen LogP contribution >= 0.6 is 27.3 Å². The molecule has 0 aliphatic rings. The van der Waals surface area contributed by atoms with Crippen molar-refractivity contribution in [2.45, 2.75) is 0 Å². The monoisotopic (exact) mass is 316 g/mol. The molecule has 1 N–H and O–H groups in total. The summed E-state index contributed by atoms with van der Waals surface area (Å²) in [6.07, 6.45) is 0. The van der Waals surface area contributed by atoms with Crippen LogP contribution in [0.15, 0.2) is 34.1 Å². The summed E-state index contributed by atoms with van der Waals surface area (Å²) in [5.74, 6) is -1.17. The Labute approximate surface area is 109 Å². The van der Waals surface area contributed by atoms with Crippen molar-refractivity contribution in [3.63, 3.8) is 0 Å². The van der Waals surface area contributed by atoms with Crippen LogP contribution < -0.4 is 4.74 Å². The standard InChI is InChI=1S/C11H6BrFO3S/c12-6-1-2-8(13)9(3-6)16-7-4-10(11(14)15)17-5-7/h1-5H,(H,14,15). The van der Waals surface area contributed by atoms with Gasteiger partial charge < -0.3 is 9.84 Å². The lowest BCUT2D eigenvalue weighted by molar-refractivity contribution is 0.0702. The van der Waals surface area contributed by atoms with Crippen LogP contribution in [-0.2, 0) is 0 Å². The minimum Gasteiger partial charge on any atom is -0.477 e. The fourth-order valence-electron chi connectivity index (χ4n) is 1.17. The molecule has 3 nitrogen and oxygen atoms in total. The second kappa shape index (κ2) is 4.85. The summed E-state index contributed by atoms with van der Waals surface area (Å²) in [5, 5.41) is 10.3. The molecule has 0 radical (unpaired) electrons. The average molecular weight is 317 g/mol. The Hall–Kier alpha value is -1.40. The molecule has 0 saturated carbocycles. The van der Waals surface area contributed by atoms with Crippen LogP contribution in [0.2, 0.25) is 0 Å². The number of hydrogen-bond donors (Lipinski definition) is 1. The highest BCUT2D eigenvalue weighted by Gasteiger charge is 2.10. The van der Waals surface area contributed by atoms with Crippen LogP contribution in [-0.4, -0.2) is 11.1 Å². The molecule has 0 aliphatic heterocycles. The van der Waals surface area contributed by atoms with E-state index in [0.29, 0.717) is 10.2 Å². The van der Waals surface area contributed by atoms with Crippen molar-refractivity contribution >= 4 is 33.2 Å². The van der Waals surface area contributed by atoms with Gasteiger partial charge in [-0.2, -0.15) is 0 Å². The fraction of sp³-hybridized carbons (Fsp3) is 0. The van der Waals surface area contributed by atoms with Crippen molar-refractivity contribution in [3.05, 3.63) is 44.8 Å². The number of hydrogen-bond acceptors (Lipinski definition) is 3. The minimum atomic E-state index is -1.03. The van der Waals surface area contributed by atoms with Crippen LogP contribution in [0.3, 0.4) is 0 Å². The number of thiophene rings is 1. The Morgan fingerprint density at radius 3 is 2.82 bits per heavy atom. The SMILES string of the molecule is O=C(O)c1cc(Oc2cc(Br)ccc2F)cs1. The third-order valence-electron chi connectivity index (χ3n) is 1.91. The summed E-state index contributed by atoms with van der Waals surface area (Å²) in [6.45, 7) is 0. The Morgan fingerprint density at radius 1 is 1.41 bits per heavy atom. The number of aromatic carboxylic acids is 1. The van der Waals surface area contributed by atoms with E-state index in [2.05, 4.69) is 15.9 Å². The molecule has 0 bridgehead atoms. The highest BCUT2D eigenvalue weighted by molar-refractivity contribution is 9.10. The first-order chi connectivity index (χ1) is 8.06. The molecule has 1 heterocycles. The molecule has 0 atom stereocenters. The van der Waals surface area contributed by atoms with Crippen LogP contribution in [0.5, 0.6) is 11.5 Å². The second-order valence-electron chi connectivity index (χ2n) is 3.13. The first-order valence-electron chi connectivity index (χ1n) is 4.51. The van der Waals surface area contributed by atoms with E-state index in [1.165, 1.54) is 23.6 Å². The number of carboxylic acids is 1. The fourth-order valence-corrected chi connectivity index (χ4v) is 2.15. The largest absolute Gasteiger partial charge is 0.477 e. The van der Waals surface area contributed by atoms with Gasteiger partial charge in [0.2, 0.25) is 0 Å². The highest BCUT2D eigenvalue weighted by atomic mass is 79.9. The molecule has 0 saturated heterocycles. The van der Waals surface area contributed by atoms with E-state index in [1.807, 2.05) is 0 Å². The molecule has 1 aromatic carbocycles. The van der Waals surface area contributed by atoms with Gasteiger partial charge in [-0.25, -0.2) is 9.18 Å². The molecule has 17 heavy (non-hydrogen) atoms. The smallest absolute Gasteiger partial charge is 0.346 e. The predicted molar refractivity (Wildman–Crippen MR) is 65.5 cm³/mol. The van der Waals surface area contributed by atoms with Gasteiger partial charge in [-0.15, -0.1) is 11.3 Å². The van der Waals surface area contributed by atoms with Gasteiger partial charge >= 0.3 is 5.97 Å². The summed E-state index contributed by atoms with van der Waals surface area (Å²) in [6, 6.07) is 5.66. The summed E-state index contributed by atoms with van der Waals surface area (Å²) in [5.41, 5.74) is 0. The van der Waals surface area contributed by atoms with Gasteiger partial charge in [-0.1, -0.05) is 15.9 Å². The number of carboxylic acid groups (broad SMARTS) is 1. The number of halogens is 2. The van der Waals surface area contributed by atoms with Crippen molar-refractivity contribution in [1.29, 1.82) is 0 Å². The third kappa shape index (κ3) is 2.83. The first-order valence-corrected chi connectivity index (χ1v) is 6.18. The average Bonchev–Trinajstić information content (AvgIpc) is 2.72. The second-order valence-corrected chi connectivity index (χ2v) is 4.96. The molecule has 0 fully saturated rings. The Kier molecular flexibility index (Phi) is 3.44. The van der Waals surface area contributed by atoms with E-state index in [4.69, 9.17) is 9.84 Å². The van der Waals surface area contributed by atoms with Crippen LogP contribution in [0, 0.1) is 5.82 Å². The van der Waals surface area contributed by atoms with Crippen molar-refractivity contribution in [2.75, 3.05) is 0 Å². The number of ether oxygens (including phenoxy) is 1. The maximum atomic E-state index is 13.4. The molecule has 0 amide bonds. The molecule has 2 rings (SSSR count). The van der Waals surface area contributed by atoms with E-state index >= 15 is 0 Å². The molecule has 2 aromatic rings. The molecule has 1 aromatic heterocycles. The van der Waals surface area contributed by atoms with Crippen LogP contribution in [0.1, 0.15) is 9.67 Å². The van der Waals surface area contributed by atoms with Crippen molar-refractivity contribution < 1.29 is 19.0 Å². The van der Waals surface area contributed by atoms with Gasteiger partial charge in [0.1, 0.15) is 10.6 Å². The summed E-state index contributed by atoms with van der Waals surface area (Å²) in [4.78, 5) is 10.8. The quantitative estimate of drug-likeness (QED) is 0.925. The van der Waals surface area contributed by atoms with E-state index in [0.717, 1.165) is 11.3 Å². The topological polar surface area (TPSA) is 46.5 Å². The van der Waals surface area contributed by atoms with Gasteiger partial charge in [-0.05, 0) is 18.2 Å². The third-order valence-corrected chi connectivity index (χ3v) is 3.30. The number of carbonyl (C=O) groups is 1. The summed E-state index contributed by atoms with van der Waals surface area (Å²) in [7, 11) is 0. The maximum Gasteiger partial charge on any atom is 0.346 e. The van der Waals surface area contributed by atoms with Crippen molar-refractivity contribution in [1.82, 2.24) is 0 Å². The first kappa shape index (κ1) is 12.1. The number of benzene rings is 1. The molecule has 6 heteroatoms. The van der Waals surface area contributed by atoms with Crippen molar-refractivity contribution in [2.24, 2.45) is 0 Å². The molecular formula is C11H6BrFO3S. The van der Waals surface area contributed by atoms with Crippen LogP contribution in [0.25, 0.3) is 0 Å². The molecular weight excluding hydrogens is 311 g/mol. The number of rotatable bonds is 3. The van der Waals surface area contributed by atoms with Gasteiger partial charge in [0.25, 0.3) is 0 Å². The van der Waals surface area contributed by atoms with E-state index in [1.54, 1.807) is 6.07 Å². The summed E-state index contributed by atoms with van der Waals surface area (Å²) < 4.78 is 19.3. The zero-order chi connectivity index (χ0) is 12.4. The normalized spacial score (nSPS) is 10.2. The Balaban J connectivity index is 2.25. The Morgan fingerprint density at radius 2 is 2.18 bits per heavy atom. The van der Waals surface area contributed by atoms with Gasteiger partial charge in [0.15, 0.2) is 11.6 Å². The maximum absolute atomic E-state index is 13.4. The van der Waals surface area contributed by atoms with Crippen LogP contribution in [0.4, 0.5) is 4.39 Å². The molecule has 0 spiro atoms. The van der Waals surface area contributed by atoms with E-state index < -0.39 is 11.8 Å². The van der Waals surface area contributed by atoms with Crippen molar-refractivity contribution in [3.8, 4) is 11.5 Å².